The summed E-state index contributed by atoms with van der Waals surface area (Å²) in [5.41, 5.74) is -0.800. The Labute approximate surface area is 98.1 Å². The average Bonchev–Trinajstić information content (AvgIpc) is 2.08. The molecule has 0 rings (SSSR count). The summed E-state index contributed by atoms with van der Waals surface area (Å²) in [4.78, 5) is 11.2. The number of hydrogen-bond acceptors (Lipinski definition) is 3. The first-order valence-corrected chi connectivity index (χ1v) is 5.14. The van der Waals surface area contributed by atoms with Crippen molar-refractivity contribution in [1.29, 1.82) is 0 Å². The Hall–Kier alpha value is -0.980. The molecule has 2 N–H and O–H groups in total. The first-order chi connectivity index (χ1) is 7.47. The first-order valence-electron chi connectivity index (χ1n) is 5.14. The fraction of sp³-hybridized carbons (Fsp3) is 0.900. The third-order valence-corrected chi connectivity index (χ3v) is 2.02. The van der Waals surface area contributed by atoms with Crippen molar-refractivity contribution in [3.05, 3.63) is 0 Å². The van der Waals surface area contributed by atoms with Crippen molar-refractivity contribution >= 4 is 6.09 Å². The Morgan fingerprint density at radius 1 is 1.35 bits per heavy atom. The van der Waals surface area contributed by atoms with Crippen LogP contribution in [0, 0.1) is 5.92 Å². The van der Waals surface area contributed by atoms with E-state index < -0.39 is 36.4 Å². The molecule has 0 saturated heterocycles. The number of rotatable bonds is 3. The molecule has 7 heteroatoms. The van der Waals surface area contributed by atoms with Crippen molar-refractivity contribution in [2.24, 2.45) is 5.92 Å². The molecular formula is C10H18F3NO3. The van der Waals surface area contributed by atoms with Crippen LogP contribution in [0.1, 0.15) is 27.7 Å². The lowest BCUT2D eigenvalue weighted by Crippen LogP contribution is -2.48. The topological polar surface area (TPSA) is 58.6 Å². The molecule has 0 aromatic heterocycles. The molecule has 0 aromatic carbocycles. The van der Waals surface area contributed by atoms with Gasteiger partial charge in [-0.2, -0.15) is 13.2 Å². The number of amides is 1. The van der Waals surface area contributed by atoms with Crippen LogP contribution in [0.3, 0.4) is 0 Å². The number of aliphatic hydroxyl groups excluding tert-OH is 1. The molecule has 0 aliphatic heterocycles. The van der Waals surface area contributed by atoms with Crippen LogP contribution < -0.4 is 5.32 Å². The van der Waals surface area contributed by atoms with Crippen molar-refractivity contribution in [2.75, 3.05) is 6.61 Å². The average molecular weight is 257 g/mol. The van der Waals surface area contributed by atoms with Crippen LogP contribution in [-0.4, -0.2) is 35.6 Å². The SMILES string of the molecule is C[C@@H]([C@H](CO)NC(=O)OC(C)(C)C)C(F)(F)F. The third kappa shape index (κ3) is 6.35. The second-order valence-electron chi connectivity index (χ2n) is 4.77. The van der Waals surface area contributed by atoms with Crippen LogP contribution >= 0.6 is 0 Å². The standard InChI is InChI=1S/C10H18F3NO3/c1-6(10(11,12)13)7(5-15)14-8(16)17-9(2,3)4/h6-7,15H,5H2,1-4H3,(H,14,16)/t6-,7-/m0/s1. The highest BCUT2D eigenvalue weighted by atomic mass is 19.4. The summed E-state index contributed by atoms with van der Waals surface area (Å²) in [7, 11) is 0. The highest BCUT2D eigenvalue weighted by Crippen LogP contribution is 2.28. The van der Waals surface area contributed by atoms with Gasteiger partial charge in [-0.3, -0.25) is 0 Å². The number of hydrogen-bond donors (Lipinski definition) is 2. The molecule has 0 fully saturated rings. The predicted octanol–water partition coefficient (Wildman–Crippen LogP) is 2.07. The van der Waals surface area contributed by atoms with E-state index in [1.165, 1.54) is 0 Å². The maximum atomic E-state index is 12.4. The Morgan fingerprint density at radius 2 is 1.82 bits per heavy atom. The molecule has 1 amide bonds. The Bertz CT molecular complexity index is 261. The lowest BCUT2D eigenvalue weighted by molar-refractivity contribution is -0.179. The Balaban J connectivity index is 4.47. The minimum Gasteiger partial charge on any atom is -0.444 e. The smallest absolute Gasteiger partial charge is 0.407 e. The largest absolute Gasteiger partial charge is 0.444 e. The van der Waals surface area contributed by atoms with E-state index in [9.17, 15) is 18.0 Å². The molecule has 102 valence electrons. The zero-order valence-electron chi connectivity index (χ0n) is 10.3. The zero-order chi connectivity index (χ0) is 13.9. The minimum absolute atomic E-state index is 0.800. The summed E-state index contributed by atoms with van der Waals surface area (Å²) in [5.74, 6) is -1.85. The van der Waals surface area contributed by atoms with Gasteiger partial charge in [0.1, 0.15) is 5.60 Å². The summed E-state index contributed by atoms with van der Waals surface area (Å²) < 4.78 is 41.9. The highest BCUT2D eigenvalue weighted by Gasteiger charge is 2.42. The number of alkyl halides is 3. The monoisotopic (exact) mass is 257 g/mol. The number of nitrogens with one attached hydrogen (secondary N) is 1. The normalized spacial score (nSPS) is 16.2. The second kappa shape index (κ2) is 5.57. The fourth-order valence-corrected chi connectivity index (χ4v) is 1.02. The molecule has 0 aromatic rings. The van der Waals surface area contributed by atoms with Crippen LogP contribution in [0.25, 0.3) is 0 Å². The van der Waals surface area contributed by atoms with Gasteiger partial charge in [0.25, 0.3) is 0 Å². The van der Waals surface area contributed by atoms with Gasteiger partial charge in [0.2, 0.25) is 0 Å². The van der Waals surface area contributed by atoms with Crippen molar-refractivity contribution in [3.63, 3.8) is 0 Å². The molecule has 0 saturated carbocycles. The summed E-state index contributed by atoms with van der Waals surface area (Å²) in [6.45, 7) is 4.85. The molecule has 2 atom stereocenters. The summed E-state index contributed by atoms with van der Waals surface area (Å²) >= 11 is 0. The van der Waals surface area contributed by atoms with Crippen LogP contribution in [-0.2, 0) is 4.74 Å². The van der Waals surface area contributed by atoms with Gasteiger partial charge in [-0.15, -0.1) is 0 Å². The van der Waals surface area contributed by atoms with E-state index in [1.807, 2.05) is 5.32 Å². The molecule has 4 nitrogen and oxygen atoms in total. The van der Waals surface area contributed by atoms with Crippen molar-refractivity contribution in [3.8, 4) is 0 Å². The molecule has 17 heavy (non-hydrogen) atoms. The lowest BCUT2D eigenvalue weighted by atomic mass is 10.0. The fourth-order valence-electron chi connectivity index (χ4n) is 1.02. The number of halogens is 3. The number of ether oxygens (including phenoxy) is 1. The zero-order valence-corrected chi connectivity index (χ0v) is 10.3. The summed E-state index contributed by atoms with van der Waals surface area (Å²) in [6, 6.07) is -1.41. The molecule has 0 bridgehead atoms. The van der Waals surface area contributed by atoms with Gasteiger partial charge in [-0.05, 0) is 20.8 Å². The maximum Gasteiger partial charge on any atom is 0.407 e. The Kier molecular flexibility index (Phi) is 5.25. The number of carbonyl (C=O) groups excluding carboxylic acids is 1. The molecule has 0 unspecified atom stereocenters. The van der Waals surface area contributed by atoms with Gasteiger partial charge < -0.3 is 15.2 Å². The number of alkyl carbamates (subject to hydrolysis) is 1. The van der Waals surface area contributed by atoms with Gasteiger partial charge in [0.05, 0.1) is 18.6 Å². The van der Waals surface area contributed by atoms with Crippen molar-refractivity contribution in [2.45, 2.75) is 45.5 Å². The van der Waals surface area contributed by atoms with Gasteiger partial charge in [0.15, 0.2) is 0 Å². The van der Waals surface area contributed by atoms with Crippen LogP contribution in [0.5, 0.6) is 0 Å². The lowest BCUT2D eigenvalue weighted by Gasteiger charge is -2.27. The van der Waals surface area contributed by atoms with Crippen LogP contribution in [0.15, 0.2) is 0 Å². The summed E-state index contributed by atoms with van der Waals surface area (Å²) in [6.07, 6.45) is -5.46. The number of carbonyl (C=O) groups is 1. The van der Waals surface area contributed by atoms with E-state index in [2.05, 4.69) is 0 Å². The van der Waals surface area contributed by atoms with E-state index >= 15 is 0 Å². The molecule has 0 spiro atoms. The van der Waals surface area contributed by atoms with Crippen LogP contribution in [0.2, 0.25) is 0 Å². The van der Waals surface area contributed by atoms with E-state index in [1.54, 1.807) is 20.8 Å². The van der Waals surface area contributed by atoms with Crippen LogP contribution in [0.4, 0.5) is 18.0 Å². The second-order valence-corrected chi connectivity index (χ2v) is 4.77. The quantitative estimate of drug-likeness (QED) is 0.813. The molecular weight excluding hydrogens is 239 g/mol. The molecule has 0 aliphatic carbocycles. The highest BCUT2D eigenvalue weighted by molar-refractivity contribution is 5.68. The van der Waals surface area contributed by atoms with E-state index in [0.29, 0.717) is 0 Å². The summed E-state index contributed by atoms with van der Waals surface area (Å²) in [5, 5.41) is 10.8. The van der Waals surface area contributed by atoms with Crippen molar-refractivity contribution in [1.82, 2.24) is 5.32 Å². The van der Waals surface area contributed by atoms with Crippen molar-refractivity contribution < 1.29 is 27.8 Å². The van der Waals surface area contributed by atoms with E-state index in [-0.39, 0.29) is 0 Å². The molecule has 0 aliphatic rings. The number of aliphatic hydroxyl groups is 1. The van der Waals surface area contributed by atoms with Gasteiger partial charge in [-0.1, -0.05) is 6.92 Å². The minimum atomic E-state index is -4.48. The third-order valence-electron chi connectivity index (χ3n) is 2.02. The molecule has 0 radical (unpaired) electrons. The Morgan fingerprint density at radius 3 is 2.12 bits per heavy atom. The molecule has 0 heterocycles. The maximum absolute atomic E-state index is 12.4. The first kappa shape index (κ1) is 16.0. The van der Waals surface area contributed by atoms with E-state index in [0.717, 1.165) is 6.92 Å². The van der Waals surface area contributed by atoms with E-state index in [4.69, 9.17) is 9.84 Å². The predicted molar refractivity (Wildman–Crippen MR) is 55.5 cm³/mol. The van der Waals surface area contributed by atoms with Gasteiger partial charge in [-0.25, -0.2) is 4.79 Å². The van der Waals surface area contributed by atoms with Gasteiger partial charge in [0, 0.05) is 0 Å². The van der Waals surface area contributed by atoms with Gasteiger partial charge >= 0.3 is 12.3 Å².